The summed E-state index contributed by atoms with van der Waals surface area (Å²) in [4.78, 5) is 22.5. The van der Waals surface area contributed by atoms with Gasteiger partial charge in [-0.3, -0.25) is 9.32 Å². The lowest BCUT2D eigenvalue weighted by molar-refractivity contribution is -0.149. The van der Waals surface area contributed by atoms with Gasteiger partial charge in [0, 0.05) is 17.4 Å². The Kier molecular flexibility index (Phi) is 11.1. The van der Waals surface area contributed by atoms with Crippen LogP contribution in [0.2, 0.25) is 0 Å². The standard InChI is InChI=1S/C36H46N5O6P/c1-7-9-21-36(6,41-31(22-44-8-2)39-32-33(41)28-18-12-13-19-29(28)38-34(32)37)23-45-48(43,40-25(5)35(42)46-24(3)4)47-30-20-14-16-26-15-10-11-17-27(26)30/h10-20,24-25H,7-9,21-23H2,1-6H3,(H2,37,38)(H,40,43)/t25-,36+,48-/m0/s1. The summed E-state index contributed by atoms with van der Waals surface area (Å²) in [6.45, 7) is 11.8. The Morgan fingerprint density at radius 3 is 2.44 bits per heavy atom. The van der Waals surface area contributed by atoms with Gasteiger partial charge in [-0.2, -0.15) is 5.09 Å². The average molecular weight is 676 g/mol. The van der Waals surface area contributed by atoms with E-state index in [4.69, 9.17) is 29.2 Å². The van der Waals surface area contributed by atoms with E-state index >= 15 is 0 Å². The number of fused-ring (bicyclic) bond motifs is 4. The van der Waals surface area contributed by atoms with E-state index in [0.717, 1.165) is 40.0 Å². The number of ether oxygens (including phenoxy) is 2. The maximum atomic E-state index is 14.9. The number of unbranched alkanes of at least 4 members (excludes halogenated alkanes) is 1. The Balaban J connectivity index is 1.62. The van der Waals surface area contributed by atoms with Crippen LogP contribution >= 0.6 is 7.75 Å². The number of nitrogens with one attached hydrogen (secondary N) is 1. The minimum atomic E-state index is -4.24. The zero-order chi connectivity index (χ0) is 34.5. The molecule has 2 heterocycles. The van der Waals surface area contributed by atoms with Crippen molar-refractivity contribution >= 4 is 52.2 Å². The third kappa shape index (κ3) is 7.65. The van der Waals surface area contributed by atoms with Crippen LogP contribution in [-0.4, -0.2) is 45.9 Å². The first-order valence-electron chi connectivity index (χ1n) is 16.5. The van der Waals surface area contributed by atoms with E-state index < -0.39 is 25.3 Å². The summed E-state index contributed by atoms with van der Waals surface area (Å²) in [5.41, 5.74) is 7.76. The number of aromatic nitrogens is 3. The number of pyridine rings is 1. The number of esters is 1. The van der Waals surface area contributed by atoms with Gasteiger partial charge in [0.2, 0.25) is 0 Å². The molecule has 3 atom stereocenters. The van der Waals surface area contributed by atoms with Crippen molar-refractivity contribution in [1.29, 1.82) is 0 Å². The van der Waals surface area contributed by atoms with E-state index in [1.54, 1.807) is 26.8 Å². The zero-order valence-corrected chi connectivity index (χ0v) is 29.5. The molecule has 0 bridgehead atoms. The van der Waals surface area contributed by atoms with Crippen LogP contribution in [0.1, 0.15) is 66.6 Å². The summed E-state index contributed by atoms with van der Waals surface area (Å²) >= 11 is 0. The number of nitrogens with zero attached hydrogens (tertiary/aromatic N) is 3. The number of nitrogen functional groups attached to an aromatic ring is 1. The third-order valence-electron chi connectivity index (χ3n) is 8.20. The Labute approximate surface area is 281 Å². The van der Waals surface area contributed by atoms with Crippen LogP contribution in [-0.2, 0) is 35.5 Å². The van der Waals surface area contributed by atoms with Gasteiger partial charge in [-0.15, -0.1) is 0 Å². The van der Waals surface area contributed by atoms with Crippen molar-refractivity contribution < 1.29 is 27.9 Å². The lowest BCUT2D eigenvalue weighted by Gasteiger charge is -2.35. The molecule has 256 valence electrons. The summed E-state index contributed by atoms with van der Waals surface area (Å²) in [5, 5.41) is 5.40. The van der Waals surface area contributed by atoms with E-state index in [1.165, 1.54) is 0 Å². The summed E-state index contributed by atoms with van der Waals surface area (Å²) < 4.78 is 41.0. The lowest BCUT2D eigenvalue weighted by atomic mass is 9.94. The molecule has 5 rings (SSSR count). The number of para-hydroxylation sites is 1. The normalized spacial score (nSPS) is 15.1. The highest BCUT2D eigenvalue weighted by molar-refractivity contribution is 7.52. The average Bonchev–Trinajstić information content (AvgIpc) is 3.47. The second kappa shape index (κ2) is 15.0. The zero-order valence-electron chi connectivity index (χ0n) is 28.6. The molecule has 0 amide bonds. The second-order valence-corrected chi connectivity index (χ2v) is 14.2. The molecule has 0 fully saturated rings. The quantitative estimate of drug-likeness (QED) is 0.0784. The first-order chi connectivity index (χ1) is 23.0. The minimum absolute atomic E-state index is 0.0604. The highest BCUT2D eigenvalue weighted by Gasteiger charge is 2.39. The van der Waals surface area contributed by atoms with Crippen LogP contribution in [0.3, 0.4) is 0 Å². The molecule has 0 saturated carbocycles. The first kappa shape index (κ1) is 35.3. The summed E-state index contributed by atoms with van der Waals surface area (Å²) in [6, 6.07) is 19.9. The fourth-order valence-corrected chi connectivity index (χ4v) is 7.49. The van der Waals surface area contributed by atoms with Gasteiger partial charge in [0.15, 0.2) is 5.82 Å². The van der Waals surface area contributed by atoms with Crippen LogP contribution in [0.25, 0.3) is 32.7 Å². The largest absolute Gasteiger partial charge is 0.462 e. The van der Waals surface area contributed by atoms with Gasteiger partial charge in [-0.1, -0.05) is 74.4 Å². The first-order valence-corrected chi connectivity index (χ1v) is 18.1. The molecular weight excluding hydrogens is 629 g/mol. The molecule has 11 nitrogen and oxygen atoms in total. The van der Waals surface area contributed by atoms with Gasteiger partial charge in [-0.25, -0.2) is 14.5 Å². The topological polar surface area (TPSA) is 140 Å². The third-order valence-corrected chi connectivity index (χ3v) is 9.81. The van der Waals surface area contributed by atoms with Gasteiger partial charge in [0.05, 0.1) is 29.3 Å². The molecule has 0 saturated heterocycles. The number of carbonyl (C=O) groups is 1. The second-order valence-electron chi connectivity index (χ2n) is 12.5. The van der Waals surface area contributed by atoms with Crippen molar-refractivity contribution in [1.82, 2.24) is 19.6 Å². The molecule has 0 spiro atoms. The van der Waals surface area contributed by atoms with Crippen LogP contribution in [0.5, 0.6) is 5.75 Å². The number of imidazole rings is 1. The van der Waals surface area contributed by atoms with Crippen molar-refractivity contribution in [2.24, 2.45) is 0 Å². The Morgan fingerprint density at radius 2 is 1.71 bits per heavy atom. The van der Waals surface area contributed by atoms with E-state index in [0.29, 0.717) is 35.9 Å². The molecule has 0 radical (unpaired) electrons. The molecule has 0 aliphatic carbocycles. The molecule has 0 unspecified atom stereocenters. The molecule has 2 aromatic heterocycles. The molecule has 48 heavy (non-hydrogen) atoms. The molecule has 5 aromatic rings. The van der Waals surface area contributed by atoms with Crippen LogP contribution in [0.4, 0.5) is 5.82 Å². The van der Waals surface area contributed by atoms with Crippen molar-refractivity contribution in [3.05, 3.63) is 72.6 Å². The maximum absolute atomic E-state index is 14.9. The monoisotopic (exact) mass is 675 g/mol. The number of benzene rings is 3. The highest BCUT2D eigenvalue weighted by Crippen LogP contribution is 2.49. The number of rotatable bonds is 16. The Bertz CT molecular complexity index is 1940. The summed E-state index contributed by atoms with van der Waals surface area (Å²) in [6.07, 6.45) is 2.04. The Hall–Kier alpha value is -4.02. The van der Waals surface area contributed by atoms with Gasteiger partial charge in [0.1, 0.15) is 29.7 Å². The van der Waals surface area contributed by atoms with E-state index in [9.17, 15) is 9.36 Å². The lowest BCUT2D eigenvalue weighted by Crippen LogP contribution is -2.40. The van der Waals surface area contributed by atoms with Crippen molar-refractivity contribution in [2.75, 3.05) is 18.9 Å². The van der Waals surface area contributed by atoms with Crippen LogP contribution < -0.4 is 15.3 Å². The maximum Gasteiger partial charge on any atom is 0.459 e. The number of carbonyl (C=O) groups excluding carboxylic acids is 1. The molecule has 3 N–H and O–H groups in total. The fraction of sp³-hybridized carbons (Fsp3) is 0.417. The van der Waals surface area contributed by atoms with Crippen molar-refractivity contribution in [3.63, 3.8) is 0 Å². The molecule has 12 heteroatoms. The smallest absolute Gasteiger partial charge is 0.459 e. The number of anilines is 1. The van der Waals surface area contributed by atoms with Gasteiger partial charge >= 0.3 is 13.7 Å². The van der Waals surface area contributed by atoms with Crippen molar-refractivity contribution in [2.45, 2.75) is 85.1 Å². The predicted molar refractivity (Wildman–Crippen MR) is 190 cm³/mol. The number of nitrogens with two attached hydrogens (primary N) is 1. The number of hydrogen-bond acceptors (Lipinski definition) is 9. The Morgan fingerprint density at radius 1 is 1.00 bits per heavy atom. The highest BCUT2D eigenvalue weighted by atomic mass is 31.2. The molecule has 3 aromatic carbocycles. The van der Waals surface area contributed by atoms with E-state index in [2.05, 4.69) is 21.6 Å². The number of hydrogen-bond donors (Lipinski definition) is 2. The fourth-order valence-electron chi connectivity index (χ4n) is 5.87. The van der Waals surface area contributed by atoms with Crippen LogP contribution in [0, 0.1) is 0 Å². The summed E-state index contributed by atoms with van der Waals surface area (Å²) in [5.74, 6) is 0.741. The van der Waals surface area contributed by atoms with Crippen molar-refractivity contribution in [3.8, 4) is 5.75 Å². The van der Waals surface area contributed by atoms with Gasteiger partial charge in [0.25, 0.3) is 0 Å². The molecule has 0 aliphatic rings. The predicted octanol–water partition coefficient (Wildman–Crippen LogP) is 7.90. The van der Waals surface area contributed by atoms with E-state index in [1.807, 2.05) is 74.5 Å². The minimum Gasteiger partial charge on any atom is -0.462 e. The van der Waals surface area contributed by atoms with Crippen LogP contribution in [0.15, 0.2) is 66.7 Å². The van der Waals surface area contributed by atoms with Gasteiger partial charge in [-0.05, 0) is 58.6 Å². The molecular formula is C36H46N5O6P. The molecule has 0 aliphatic heterocycles. The van der Waals surface area contributed by atoms with Gasteiger partial charge < -0.3 is 24.3 Å². The summed E-state index contributed by atoms with van der Waals surface area (Å²) in [7, 11) is -4.24. The van der Waals surface area contributed by atoms with E-state index in [-0.39, 0.29) is 19.3 Å². The SMILES string of the molecule is CCCC[C@](C)(CO[P@@](=O)(N[C@@H](C)C(=O)OC(C)C)Oc1cccc2ccccc12)n1c(COCC)nc2c(N)nc3ccccc3c21.